The van der Waals surface area contributed by atoms with E-state index in [9.17, 15) is 19.7 Å². The van der Waals surface area contributed by atoms with Crippen LogP contribution in [0, 0.1) is 23.0 Å². The molecule has 0 fully saturated rings. The van der Waals surface area contributed by atoms with E-state index in [4.69, 9.17) is 32.4 Å². The zero-order chi connectivity index (χ0) is 28.7. The van der Waals surface area contributed by atoms with Gasteiger partial charge in [-0.1, -0.05) is 43.1 Å². The van der Waals surface area contributed by atoms with Crippen molar-refractivity contribution in [2.45, 2.75) is 46.3 Å². The van der Waals surface area contributed by atoms with Gasteiger partial charge in [0.05, 0.1) is 16.2 Å². The van der Waals surface area contributed by atoms with Crippen LogP contribution in [0.15, 0.2) is 58.0 Å². The van der Waals surface area contributed by atoms with Gasteiger partial charge in [0.2, 0.25) is 0 Å². The third-order valence-corrected chi connectivity index (χ3v) is 6.13. The lowest BCUT2D eigenvalue weighted by atomic mass is 10.0. The van der Waals surface area contributed by atoms with E-state index >= 15 is 0 Å². The van der Waals surface area contributed by atoms with Crippen LogP contribution in [0.2, 0.25) is 10.0 Å². The summed E-state index contributed by atoms with van der Waals surface area (Å²) in [6.45, 7) is 7.20. The number of amides is 2. The van der Waals surface area contributed by atoms with Crippen LogP contribution in [0.1, 0.15) is 38.5 Å². The summed E-state index contributed by atoms with van der Waals surface area (Å²) in [5, 5.41) is 18.4. The molecular weight excluding hydrogens is 547 g/mol. The molecule has 0 saturated carbocycles. The van der Waals surface area contributed by atoms with Gasteiger partial charge in [-0.25, -0.2) is 5.43 Å². The number of carbonyl (C=O) groups excluding carboxylic acids is 2. The maximum absolute atomic E-state index is 12.8. The summed E-state index contributed by atoms with van der Waals surface area (Å²) in [6.07, 6.45) is 0.725. The van der Waals surface area contributed by atoms with Crippen molar-refractivity contribution in [3.63, 3.8) is 0 Å². The largest absolute Gasteiger partial charge is 0.479 e. The van der Waals surface area contributed by atoms with Gasteiger partial charge in [-0.2, -0.15) is 5.10 Å². The van der Waals surface area contributed by atoms with Crippen molar-refractivity contribution >= 4 is 46.9 Å². The first-order chi connectivity index (χ1) is 18.4. The van der Waals surface area contributed by atoms with Gasteiger partial charge in [0.15, 0.2) is 6.10 Å². The zero-order valence-corrected chi connectivity index (χ0v) is 23.2. The van der Waals surface area contributed by atoms with E-state index in [0.29, 0.717) is 28.5 Å². The molecule has 0 bridgehead atoms. The number of furan rings is 1. The van der Waals surface area contributed by atoms with Gasteiger partial charge >= 0.3 is 0 Å². The minimum atomic E-state index is -0.937. The standard InChI is InChI=1S/C27H28Cl2N4O6/c1-15(2)11-23(31-26(34)17(4)38-25-9-6-18(28)12-22(25)29)27(35)32-30-14-20-8-10-24(39-20)21-13-19(33(36)37)7-5-16(21)3/h5-10,12-15,17,23H,11H2,1-4H3,(H,31,34)(H,32,35)/b30-14-/t17-,23-/m0/s1. The topological polar surface area (TPSA) is 136 Å². The van der Waals surface area contributed by atoms with E-state index in [-0.39, 0.29) is 22.4 Å². The van der Waals surface area contributed by atoms with Gasteiger partial charge in [0, 0.05) is 22.7 Å². The highest BCUT2D eigenvalue weighted by atomic mass is 35.5. The number of halogens is 2. The molecular formula is C27H28Cl2N4O6. The molecule has 0 aliphatic carbocycles. The molecule has 2 N–H and O–H groups in total. The molecule has 0 saturated heterocycles. The molecule has 12 heteroatoms. The molecule has 1 aromatic heterocycles. The van der Waals surface area contributed by atoms with E-state index in [1.54, 1.807) is 37.3 Å². The van der Waals surface area contributed by atoms with Crippen molar-refractivity contribution in [3.8, 4) is 17.1 Å². The third kappa shape index (κ3) is 8.30. The van der Waals surface area contributed by atoms with Gasteiger partial charge in [-0.3, -0.25) is 19.7 Å². The van der Waals surface area contributed by atoms with Gasteiger partial charge in [0.25, 0.3) is 17.5 Å². The molecule has 0 unspecified atom stereocenters. The number of nitrogens with one attached hydrogen (secondary N) is 2. The molecule has 1 heterocycles. The second kappa shape index (κ2) is 13.3. The van der Waals surface area contributed by atoms with Crippen molar-refractivity contribution in [1.82, 2.24) is 10.7 Å². The number of nitro benzene ring substituents is 1. The van der Waals surface area contributed by atoms with Gasteiger partial charge in [-0.15, -0.1) is 0 Å². The summed E-state index contributed by atoms with van der Waals surface area (Å²) < 4.78 is 11.4. The van der Waals surface area contributed by atoms with Crippen molar-refractivity contribution in [1.29, 1.82) is 0 Å². The van der Waals surface area contributed by atoms with Crippen LogP contribution in [0.5, 0.6) is 5.75 Å². The zero-order valence-electron chi connectivity index (χ0n) is 21.7. The van der Waals surface area contributed by atoms with E-state index < -0.39 is 28.9 Å². The molecule has 0 aliphatic heterocycles. The summed E-state index contributed by atoms with van der Waals surface area (Å²) in [6, 6.07) is 11.6. The minimum Gasteiger partial charge on any atom is -0.479 e. The van der Waals surface area contributed by atoms with E-state index in [1.807, 2.05) is 20.8 Å². The fraction of sp³-hybridized carbons (Fsp3) is 0.296. The Morgan fingerprint density at radius 1 is 1.10 bits per heavy atom. The maximum atomic E-state index is 12.8. The lowest BCUT2D eigenvalue weighted by Crippen LogP contribution is -2.49. The summed E-state index contributed by atoms with van der Waals surface area (Å²) in [5.74, 6) is 0.0976. The third-order valence-electron chi connectivity index (χ3n) is 5.60. The summed E-state index contributed by atoms with van der Waals surface area (Å²) in [4.78, 5) is 36.2. The molecule has 0 spiro atoms. The Balaban J connectivity index is 1.64. The quantitative estimate of drug-likeness (QED) is 0.166. The number of aryl methyl sites for hydroxylation is 1. The molecule has 0 aliphatic rings. The minimum absolute atomic E-state index is 0.0521. The van der Waals surface area contributed by atoms with Crippen molar-refractivity contribution in [2.24, 2.45) is 11.0 Å². The highest BCUT2D eigenvalue weighted by molar-refractivity contribution is 6.35. The Morgan fingerprint density at radius 2 is 1.85 bits per heavy atom. The molecule has 0 radical (unpaired) electrons. The second-order valence-corrected chi connectivity index (χ2v) is 10.1. The van der Waals surface area contributed by atoms with Crippen molar-refractivity contribution < 1.29 is 23.7 Å². The smallest absolute Gasteiger partial charge is 0.270 e. The number of hydrogen-bond acceptors (Lipinski definition) is 7. The lowest BCUT2D eigenvalue weighted by molar-refractivity contribution is -0.384. The first kappa shape index (κ1) is 29.7. The maximum Gasteiger partial charge on any atom is 0.270 e. The Hall–Kier alpha value is -3.89. The number of nitro groups is 1. The number of non-ortho nitro benzene ring substituents is 1. The predicted molar refractivity (Wildman–Crippen MR) is 149 cm³/mol. The summed E-state index contributed by atoms with van der Waals surface area (Å²) >= 11 is 12.0. The van der Waals surface area contributed by atoms with Gasteiger partial charge in [-0.05, 0) is 62.1 Å². The SMILES string of the molecule is Cc1ccc([N+](=O)[O-])cc1-c1ccc(/C=N\NC(=O)[C@H](CC(C)C)NC(=O)[C@H](C)Oc2ccc(Cl)cc2Cl)o1. The van der Waals surface area contributed by atoms with Crippen LogP contribution >= 0.6 is 23.2 Å². The Bertz CT molecular complexity index is 1390. The van der Waals surface area contributed by atoms with Crippen molar-refractivity contribution in [3.05, 3.63) is 80.0 Å². The number of nitrogens with zero attached hydrogens (tertiary/aromatic N) is 2. The van der Waals surface area contributed by atoms with E-state index in [0.717, 1.165) is 5.56 Å². The Morgan fingerprint density at radius 3 is 2.51 bits per heavy atom. The summed E-state index contributed by atoms with van der Waals surface area (Å²) in [7, 11) is 0. The van der Waals surface area contributed by atoms with Crippen LogP contribution in [0.4, 0.5) is 5.69 Å². The first-order valence-electron chi connectivity index (χ1n) is 12.0. The number of rotatable bonds is 11. The molecule has 3 aromatic rings. The fourth-order valence-electron chi connectivity index (χ4n) is 3.60. The van der Waals surface area contributed by atoms with E-state index in [2.05, 4.69) is 15.8 Å². The fourth-order valence-corrected chi connectivity index (χ4v) is 4.05. The second-order valence-electron chi connectivity index (χ2n) is 9.22. The van der Waals surface area contributed by atoms with Gasteiger partial charge < -0.3 is 14.5 Å². The average Bonchev–Trinajstić information content (AvgIpc) is 3.33. The number of ether oxygens (including phenoxy) is 1. The molecule has 3 rings (SSSR count). The molecule has 39 heavy (non-hydrogen) atoms. The van der Waals surface area contributed by atoms with Crippen molar-refractivity contribution in [2.75, 3.05) is 0 Å². The van der Waals surface area contributed by atoms with Crippen LogP contribution in [-0.2, 0) is 9.59 Å². The Labute approximate surface area is 235 Å². The van der Waals surface area contributed by atoms with E-state index in [1.165, 1.54) is 24.4 Å². The molecule has 206 valence electrons. The van der Waals surface area contributed by atoms with Gasteiger partial charge in [0.1, 0.15) is 23.3 Å². The predicted octanol–water partition coefficient (Wildman–Crippen LogP) is 5.92. The van der Waals surface area contributed by atoms with Crippen LogP contribution < -0.4 is 15.5 Å². The lowest BCUT2D eigenvalue weighted by Gasteiger charge is -2.22. The van der Waals surface area contributed by atoms with Crippen LogP contribution in [-0.4, -0.2) is 35.1 Å². The monoisotopic (exact) mass is 574 g/mol. The highest BCUT2D eigenvalue weighted by Crippen LogP contribution is 2.29. The first-order valence-corrected chi connectivity index (χ1v) is 12.8. The number of hydrazone groups is 1. The Kier molecular flexibility index (Phi) is 10.1. The van der Waals surface area contributed by atoms with Crippen LogP contribution in [0.25, 0.3) is 11.3 Å². The number of benzene rings is 2. The normalized spacial score (nSPS) is 12.8. The summed E-state index contributed by atoms with van der Waals surface area (Å²) in [5.41, 5.74) is 3.74. The number of hydrogen-bond donors (Lipinski definition) is 2. The van der Waals surface area contributed by atoms with Crippen LogP contribution in [0.3, 0.4) is 0 Å². The average molecular weight is 575 g/mol. The molecule has 10 nitrogen and oxygen atoms in total. The molecule has 2 atom stereocenters. The molecule has 2 amide bonds. The number of carbonyl (C=O) groups is 2. The molecule has 2 aromatic carbocycles. The highest BCUT2D eigenvalue weighted by Gasteiger charge is 2.25.